The molecule has 21 heavy (non-hydrogen) atoms. The number of aliphatic hydroxyl groups is 1. The molecule has 4 heteroatoms. The highest BCUT2D eigenvalue weighted by Crippen LogP contribution is 2.30. The smallest absolute Gasteiger partial charge is 0.283 e. The monoisotopic (exact) mass is 320 g/mol. The summed E-state index contributed by atoms with van der Waals surface area (Å²) in [6, 6.07) is 0. The summed E-state index contributed by atoms with van der Waals surface area (Å²) < 4.78 is 11.1. The molecule has 0 heterocycles. The summed E-state index contributed by atoms with van der Waals surface area (Å²) >= 11 is 4.28. The molecule has 0 aliphatic heterocycles. The molecule has 0 aromatic heterocycles. The summed E-state index contributed by atoms with van der Waals surface area (Å²) in [5.41, 5.74) is 0. The van der Waals surface area contributed by atoms with Crippen LogP contribution in [-0.2, 0) is 9.47 Å². The fourth-order valence-electron chi connectivity index (χ4n) is 2.71. The zero-order valence-electron chi connectivity index (χ0n) is 14.3. The molecule has 0 saturated heterocycles. The quantitative estimate of drug-likeness (QED) is 0.259. The van der Waals surface area contributed by atoms with Gasteiger partial charge in [-0.25, -0.2) is 0 Å². The van der Waals surface area contributed by atoms with E-state index in [0.29, 0.717) is 13.2 Å². The van der Waals surface area contributed by atoms with Gasteiger partial charge in [0, 0.05) is 19.1 Å². The molecular formula is C17H36O3S. The molecule has 0 amide bonds. The van der Waals surface area contributed by atoms with E-state index in [1.165, 1.54) is 32.1 Å². The third kappa shape index (κ3) is 9.77. The zero-order valence-corrected chi connectivity index (χ0v) is 15.2. The van der Waals surface area contributed by atoms with Crippen LogP contribution in [-0.4, -0.2) is 30.0 Å². The Labute approximate surface area is 137 Å². The lowest BCUT2D eigenvalue weighted by Crippen LogP contribution is -2.44. The first kappa shape index (κ1) is 21.2. The Hall–Kier alpha value is 0.230. The van der Waals surface area contributed by atoms with Crippen LogP contribution in [0.15, 0.2) is 0 Å². The first-order valence-corrected chi connectivity index (χ1v) is 9.38. The van der Waals surface area contributed by atoms with E-state index >= 15 is 0 Å². The van der Waals surface area contributed by atoms with E-state index in [0.717, 1.165) is 31.4 Å². The summed E-state index contributed by atoms with van der Waals surface area (Å²) in [6.45, 7) is 6.95. The molecule has 0 aromatic rings. The third-order valence-electron chi connectivity index (χ3n) is 3.84. The molecule has 0 rings (SSSR count). The van der Waals surface area contributed by atoms with Crippen molar-refractivity contribution in [2.75, 3.05) is 19.0 Å². The van der Waals surface area contributed by atoms with Gasteiger partial charge >= 0.3 is 0 Å². The van der Waals surface area contributed by atoms with Gasteiger partial charge in [-0.1, -0.05) is 45.4 Å². The molecule has 0 radical (unpaired) electrons. The topological polar surface area (TPSA) is 38.7 Å². The minimum atomic E-state index is -1.42. The first-order valence-electron chi connectivity index (χ1n) is 8.75. The van der Waals surface area contributed by atoms with Crippen molar-refractivity contribution in [2.45, 2.75) is 84.5 Å². The van der Waals surface area contributed by atoms with Crippen molar-refractivity contribution in [3.63, 3.8) is 0 Å². The summed E-state index contributed by atoms with van der Waals surface area (Å²) in [5.74, 6) is -0.548. The molecule has 0 spiro atoms. The molecule has 0 saturated carbocycles. The van der Waals surface area contributed by atoms with Crippen molar-refractivity contribution in [3.05, 3.63) is 0 Å². The van der Waals surface area contributed by atoms with E-state index in [1.807, 2.05) is 13.8 Å². The predicted molar refractivity (Wildman–Crippen MR) is 92.8 cm³/mol. The fourth-order valence-corrected chi connectivity index (χ4v) is 2.89. The van der Waals surface area contributed by atoms with E-state index in [2.05, 4.69) is 19.6 Å². The summed E-state index contributed by atoms with van der Waals surface area (Å²) in [5, 5.41) is 10.7. The number of unbranched alkanes of at least 4 members (excludes halogenated alkanes) is 5. The van der Waals surface area contributed by atoms with E-state index in [1.54, 1.807) is 0 Å². The average Bonchev–Trinajstić information content (AvgIpc) is 2.46. The van der Waals surface area contributed by atoms with Crippen molar-refractivity contribution in [2.24, 2.45) is 5.92 Å². The predicted octanol–water partition coefficient (Wildman–Crippen LogP) is 4.78. The van der Waals surface area contributed by atoms with Gasteiger partial charge in [-0.3, -0.25) is 0 Å². The molecule has 1 N–H and O–H groups in total. The minimum absolute atomic E-state index is 0.0377. The van der Waals surface area contributed by atoms with E-state index in [4.69, 9.17) is 9.47 Å². The van der Waals surface area contributed by atoms with Crippen molar-refractivity contribution < 1.29 is 14.6 Å². The van der Waals surface area contributed by atoms with Crippen LogP contribution in [0.2, 0.25) is 0 Å². The van der Waals surface area contributed by atoms with Gasteiger partial charge in [0.2, 0.25) is 0 Å². The third-order valence-corrected chi connectivity index (χ3v) is 4.15. The van der Waals surface area contributed by atoms with Gasteiger partial charge in [-0.2, -0.15) is 12.6 Å². The van der Waals surface area contributed by atoms with Crippen LogP contribution in [0.5, 0.6) is 0 Å². The summed E-state index contributed by atoms with van der Waals surface area (Å²) in [4.78, 5) is 0. The SMILES string of the molecule is CCCCCCCCC(CCCS)C(O)(OCC)OCC. The Morgan fingerprint density at radius 2 is 1.38 bits per heavy atom. The first-order chi connectivity index (χ1) is 10.1. The van der Waals surface area contributed by atoms with Crippen LogP contribution >= 0.6 is 12.6 Å². The normalized spacial score (nSPS) is 13.6. The number of ether oxygens (including phenoxy) is 2. The fraction of sp³-hybridized carbons (Fsp3) is 1.00. The average molecular weight is 321 g/mol. The van der Waals surface area contributed by atoms with Crippen LogP contribution in [0.1, 0.15) is 78.6 Å². The Bertz CT molecular complexity index is 218. The second kappa shape index (κ2) is 13.9. The van der Waals surface area contributed by atoms with E-state index in [-0.39, 0.29) is 5.92 Å². The van der Waals surface area contributed by atoms with Gasteiger partial charge in [0.25, 0.3) is 5.97 Å². The zero-order chi connectivity index (χ0) is 16.0. The van der Waals surface area contributed by atoms with Crippen LogP contribution in [0.3, 0.4) is 0 Å². The van der Waals surface area contributed by atoms with E-state index < -0.39 is 5.97 Å². The van der Waals surface area contributed by atoms with Crippen molar-refractivity contribution in [1.82, 2.24) is 0 Å². The standard InChI is InChI=1S/C17H36O3S/c1-4-7-8-9-10-11-13-16(14-12-15-21)17(18,19-5-2)20-6-3/h16,18,21H,4-15H2,1-3H3. The maximum absolute atomic E-state index is 10.7. The number of hydrogen-bond donors (Lipinski definition) is 2. The molecule has 0 aromatic carbocycles. The van der Waals surface area contributed by atoms with Crippen molar-refractivity contribution >= 4 is 12.6 Å². The molecule has 0 fully saturated rings. The van der Waals surface area contributed by atoms with Gasteiger partial charge < -0.3 is 14.6 Å². The van der Waals surface area contributed by atoms with Gasteiger partial charge in [-0.15, -0.1) is 0 Å². The molecular weight excluding hydrogens is 284 g/mol. The Morgan fingerprint density at radius 3 is 1.90 bits per heavy atom. The van der Waals surface area contributed by atoms with Crippen LogP contribution < -0.4 is 0 Å². The highest BCUT2D eigenvalue weighted by Gasteiger charge is 2.37. The van der Waals surface area contributed by atoms with E-state index in [9.17, 15) is 5.11 Å². The Morgan fingerprint density at radius 1 is 0.857 bits per heavy atom. The maximum atomic E-state index is 10.7. The molecule has 0 aliphatic rings. The second-order valence-corrected chi connectivity index (χ2v) is 6.06. The molecule has 1 atom stereocenters. The number of rotatable bonds is 15. The van der Waals surface area contributed by atoms with Crippen molar-refractivity contribution in [3.8, 4) is 0 Å². The second-order valence-electron chi connectivity index (χ2n) is 5.62. The molecule has 1 unspecified atom stereocenters. The van der Waals surface area contributed by atoms with Crippen LogP contribution in [0, 0.1) is 5.92 Å². The Kier molecular flexibility index (Phi) is 14.0. The molecule has 0 aliphatic carbocycles. The van der Waals surface area contributed by atoms with Crippen LogP contribution in [0.4, 0.5) is 0 Å². The summed E-state index contributed by atoms with van der Waals surface area (Å²) in [7, 11) is 0. The van der Waals surface area contributed by atoms with Crippen LogP contribution in [0.25, 0.3) is 0 Å². The maximum Gasteiger partial charge on any atom is 0.283 e. The van der Waals surface area contributed by atoms with Crippen molar-refractivity contribution in [1.29, 1.82) is 0 Å². The lowest BCUT2D eigenvalue weighted by atomic mass is 9.93. The van der Waals surface area contributed by atoms with Gasteiger partial charge in [0.15, 0.2) is 0 Å². The Balaban J connectivity index is 4.32. The number of thiol groups is 1. The minimum Gasteiger partial charge on any atom is -0.343 e. The van der Waals surface area contributed by atoms with Gasteiger partial charge in [0.1, 0.15) is 0 Å². The lowest BCUT2D eigenvalue weighted by molar-refractivity contribution is -0.385. The van der Waals surface area contributed by atoms with Gasteiger partial charge in [0.05, 0.1) is 0 Å². The number of hydrogen-bond acceptors (Lipinski definition) is 4. The highest BCUT2D eigenvalue weighted by molar-refractivity contribution is 7.80. The molecule has 128 valence electrons. The highest BCUT2D eigenvalue weighted by atomic mass is 32.1. The largest absolute Gasteiger partial charge is 0.343 e. The van der Waals surface area contributed by atoms with Gasteiger partial charge in [-0.05, 0) is 38.9 Å². The molecule has 0 bridgehead atoms. The molecule has 3 nitrogen and oxygen atoms in total. The summed E-state index contributed by atoms with van der Waals surface area (Å²) in [6.07, 6.45) is 10.4. The lowest BCUT2D eigenvalue weighted by Gasteiger charge is -2.35.